The Balaban J connectivity index is 3.07. The molecular weight excluding hydrogens is 333 g/mol. The molecule has 0 bridgehead atoms. The zero-order valence-corrected chi connectivity index (χ0v) is 14.1. The summed E-state index contributed by atoms with van der Waals surface area (Å²) >= 11 is 12.0. The van der Waals surface area contributed by atoms with E-state index in [-0.39, 0.29) is 21.5 Å². The predicted molar refractivity (Wildman–Crippen MR) is 85.1 cm³/mol. The minimum atomic E-state index is -3.77. The molecule has 2 N–H and O–H groups in total. The molecule has 0 heterocycles. The van der Waals surface area contributed by atoms with E-state index in [1.54, 1.807) is 0 Å². The summed E-state index contributed by atoms with van der Waals surface area (Å²) in [7, 11) is -3.77. The Morgan fingerprint density at radius 2 is 1.86 bits per heavy atom. The summed E-state index contributed by atoms with van der Waals surface area (Å²) in [5.74, 6) is 5.46. The summed E-state index contributed by atoms with van der Waals surface area (Å²) < 4.78 is 26.9. The smallest absolute Gasteiger partial charge is 0.243 e. The van der Waals surface area contributed by atoms with Crippen molar-refractivity contribution in [2.24, 2.45) is 5.92 Å². The summed E-state index contributed by atoms with van der Waals surface area (Å²) in [5, 5.41) is 8.65. The van der Waals surface area contributed by atoms with Gasteiger partial charge in [0.05, 0.1) is 10.0 Å². The molecule has 7 heteroatoms. The van der Waals surface area contributed by atoms with E-state index in [1.165, 1.54) is 12.1 Å². The molecule has 0 saturated heterocycles. The van der Waals surface area contributed by atoms with Crippen LogP contribution < -0.4 is 4.72 Å². The second kappa shape index (κ2) is 8.02. The van der Waals surface area contributed by atoms with Crippen molar-refractivity contribution >= 4 is 33.2 Å². The number of hydrogen-bond donors (Lipinski definition) is 2. The number of hydrogen-bond acceptors (Lipinski definition) is 3. The van der Waals surface area contributed by atoms with E-state index in [0.29, 0.717) is 24.4 Å². The van der Waals surface area contributed by atoms with Crippen LogP contribution in [0.2, 0.25) is 10.0 Å². The van der Waals surface area contributed by atoms with E-state index in [1.807, 2.05) is 13.8 Å². The maximum Gasteiger partial charge on any atom is 0.243 e. The Morgan fingerprint density at radius 3 is 2.33 bits per heavy atom. The fourth-order valence-corrected chi connectivity index (χ4v) is 3.84. The van der Waals surface area contributed by atoms with Crippen molar-refractivity contribution in [1.82, 2.24) is 4.72 Å². The maximum absolute atomic E-state index is 12.2. The van der Waals surface area contributed by atoms with Crippen molar-refractivity contribution in [1.29, 1.82) is 0 Å². The summed E-state index contributed by atoms with van der Waals surface area (Å²) in [6.07, 6.45) is 0.717. The van der Waals surface area contributed by atoms with Crippen LogP contribution in [-0.2, 0) is 10.0 Å². The van der Waals surface area contributed by atoms with Gasteiger partial charge >= 0.3 is 0 Å². The van der Waals surface area contributed by atoms with Crippen LogP contribution in [0.25, 0.3) is 0 Å². The highest BCUT2D eigenvalue weighted by Gasteiger charge is 2.22. The van der Waals surface area contributed by atoms with Crippen LogP contribution in [0, 0.1) is 17.8 Å². The normalized spacial score (nSPS) is 11.3. The van der Waals surface area contributed by atoms with Gasteiger partial charge < -0.3 is 5.11 Å². The first kappa shape index (κ1) is 18.3. The fourth-order valence-electron chi connectivity index (χ4n) is 1.58. The second-order valence-electron chi connectivity index (χ2n) is 4.81. The lowest BCUT2D eigenvalue weighted by atomic mass is 10.1. The molecular formula is C14H17Cl2NO3S. The van der Waals surface area contributed by atoms with Gasteiger partial charge in [0.1, 0.15) is 11.5 Å². The van der Waals surface area contributed by atoms with Gasteiger partial charge in [-0.25, -0.2) is 13.1 Å². The molecule has 1 aromatic rings. The largest absolute Gasteiger partial charge is 0.384 e. The molecule has 0 aliphatic heterocycles. The number of aliphatic hydroxyl groups excluding tert-OH is 1. The van der Waals surface area contributed by atoms with E-state index < -0.39 is 10.0 Å². The Bertz CT molecular complexity index is 638. The third-order valence-electron chi connectivity index (χ3n) is 2.59. The number of aliphatic hydroxyl groups is 1. The van der Waals surface area contributed by atoms with Crippen molar-refractivity contribution in [3.63, 3.8) is 0 Å². The average Bonchev–Trinajstić information content (AvgIpc) is 2.34. The molecule has 1 rings (SSSR count). The lowest BCUT2D eigenvalue weighted by Gasteiger charge is -2.11. The Labute approximate surface area is 135 Å². The predicted octanol–water partition coefficient (Wildman–Crippen LogP) is 2.66. The van der Waals surface area contributed by atoms with Gasteiger partial charge in [-0.2, -0.15) is 0 Å². The SMILES string of the molecule is CC(C)CCNS(=O)(=O)c1c(Cl)cc(C#CCO)cc1Cl. The summed E-state index contributed by atoms with van der Waals surface area (Å²) in [4.78, 5) is -0.149. The van der Waals surface area contributed by atoms with Gasteiger partial charge in [0, 0.05) is 12.1 Å². The standard InChI is InChI=1S/C14H17Cl2NO3S/c1-10(2)5-6-17-21(19,20)14-12(15)8-11(4-3-7-18)9-13(14)16/h8-10,17-18H,5-7H2,1-2H3. The topological polar surface area (TPSA) is 66.4 Å². The summed E-state index contributed by atoms with van der Waals surface area (Å²) in [6.45, 7) is 4.02. The Morgan fingerprint density at radius 1 is 1.29 bits per heavy atom. The number of benzene rings is 1. The highest BCUT2D eigenvalue weighted by Crippen LogP contribution is 2.30. The van der Waals surface area contributed by atoms with Gasteiger partial charge in [0.25, 0.3) is 0 Å². The number of rotatable bonds is 5. The van der Waals surface area contributed by atoms with Gasteiger partial charge in [0.2, 0.25) is 10.0 Å². The lowest BCUT2D eigenvalue weighted by Crippen LogP contribution is -2.26. The Hall–Kier alpha value is -0.770. The second-order valence-corrected chi connectivity index (χ2v) is 7.33. The number of sulfonamides is 1. The molecule has 0 amide bonds. The number of nitrogens with one attached hydrogen (secondary N) is 1. The van der Waals surface area contributed by atoms with Crippen molar-refractivity contribution in [2.75, 3.05) is 13.2 Å². The summed E-state index contributed by atoms with van der Waals surface area (Å²) in [5.41, 5.74) is 0.445. The van der Waals surface area contributed by atoms with Gasteiger partial charge in [-0.3, -0.25) is 0 Å². The van der Waals surface area contributed by atoms with Crippen molar-refractivity contribution < 1.29 is 13.5 Å². The quantitative estimate of drug-likeness (QED) is 0.803. The molecule has 0 aliphatic rings. The molecule has 4 nitrogen and oxygen atoms in total. The third kappa shape index (κ3) is 5.50. The average molecular weight is 350 g/mol. The van der Waals surface area contributed by atoms with Crippen LogP contribution >= 0.6 is 23.2 Å². The molecule has 0 aliphatic carbocycles. The Kier molecular flexibility index (Phi) is 6.98. The molecule has 0 atom stereocenters. The highest BCUT2D eigenvalue weighted by atomic mass is 35.5. The van der Waals surface area contributed by atoms with Crippen molar-refractivity contribution in [3.05, 3.63) is 27.7 Å². The van der Waals surface area contributed by atoms with Gasteiger partial charge in [0.15, 0.2) is 0 Å². The molecule has 116 valence electrons. The molecule has 0 fully saturated rings. The lowest BCUT2D eigenvalue weighted by molar-refractivity contribution is 0.350. The van der Waals surface area contributed by atoms with Crippen LogP contribution in [0.4, 0.5) is 0 Å². The fraction of sp³-hybridized carbons (Fsp3) is 0.429. The van der Waals surface area contributed by atoms with Crippen LogP contribution in [0.15, 0.2) is 17.0 Å². The summed E-state index contributed by atoms with van der Waals surface area (Å²) in [6, 6.07) is 2.82. The van der Waals surface area contributed by atoms with E-state index in [0.717, 1.165) is 0 Å². The minimum Gasteiger partial charge on any atom is -0.384 e. The molecule has 0 saturated carbocycles. The monoisotopic (exact) mass is 349 g/mol. The zero-order chi connectivity index (χ0) is 16.0. The first-order chi connectivity index (χ1) is 9.77. The molecule has 0 spiro atoms. The molecule has 1 aromatic carbocycles. The van der Waals surface area contributed by atoms with Gasteiger partial charge in [-0.05, 0) is 24.5 Å². The number of halogens is 2. The van der Waals surface area contributed by atoms with E-state index in [2.05, 4.69) is 16.6 Å². The van der Waals surface area contributed by atoms with Crippen molar-refractivity contribution in [3.8, 4) is 11.8 Å². The van der Waals surface area contributed by atoms with Crippen LogP contribution in [0.5, 0.6) is 0 Å². The van der Waals surface area contributed by atoms with Gasteiger partial charge in [-0.1, -0.05) is 48.9 Å². The van der Waals surface area contributed by atoms with Crippen LogP contribution in [0.3, 0.4) is 0 Å². The van der Waals surface area contributed by atoms with E-state index >= 15 is 0 Å². The third-order valence-corrected chi connectivity index (χ3v) is 4.97. The minimum absolute atomic E-state index is 0.00165. The molecule has 0 unspecified atom stereocenters. The maximum atomic E-state index is 12.2. The van der Waals surface area contributed by atoms with Crippen LogP contribution in [0.1, 0.15) is 25.8 Å². The zero-order valence-electron chi connectivity index (χ0n) is 11.8. The highest BCUT2D eigenvalue weighted by molar-refractivity contribution is 7.89. The van der Waals surface area contributed by atoms with E-state index in [4.69, 9.17) is 28.3 Å². The first-order valence-electron chi connectivity index (χ1n) is 6.36. The van der Waals surface area contributed by atoms with Crippen molar-refractivity contribution in [2.45, 2.75) is 25.2 Å². The van der Waals surface area contributed by atoms with Crippen LogP contribution in [-0.4, -0.2) is 26.7 Å². The first-order valence-corrected chi connectivity index (χ1v) is 8.60. The van der Waals surface area contributed by atoms with Gasteiger partial charge in [-0.15, -0.1) is 0 Å². The molecule has 21 heavy (non-hydrogen) atoms. The molecule has 0 radical (unpaired) electrons. The molecule has 0 aromatic heterocycles. The van der Waals surface area contributed by atoms with E-state index in [9.17, 15) is 8.42 Å².